The Balaban J connectivity index is 2.59. The molecule has 0 bridgehead atoms. The standard InChI is InChI=1S/C12H11ClFN3O2/c1-2-3-10-15-11(12(18)19)16-17(10)9-6-7(13)4-5-8(9)14/h4-6H,2-3H2,1H3,(H,18,19). The quantitative estimate of drug-likeness (QED) is 0.937. The largest absolute Gasteiger partial charge is 0.475 e. The van der Waals surface area contributed by atoms with E-state index in [0.29, 0.717) is 17.3 Å². The van der Waals surface area contributed by atoms with E-state index in [1.54, 1.807) is 0 Å². The van der Waals surface area contributed by atoms with Crippen LogP contribution in [0.1, 0.15) is 29.8 Å². The molecule has 2 aromatic rings. The minimum atomic E-state index is -1.25. The van der Waals surface area contributed by atoms with Crippen LogP contribution in [0.3, 0.4) is 0 Å². The second kappa shape index (κ2) is 5.36. The maximum atomic E-state index is 13.8. The van der Waals surface area contributed by atoms with Crippen molar-refractivity contribution in [3.05, 3.63) is 40.7 Å². The van der Waals surface area contributed by atoms with Gasteiger partial charge in [0.15, 0.2) is 0 Å². The highest BCUT2D eigenvalue weighted by molar-refractivity contribution is 6.30. The fourth-order valence-corrected chi connectivity index (χ4v) is 1.83. The maximum absolute atomic E-state index is 13.8. The molecule has 0 saturated carbocycles. The molecule has 1 N–H and O–H groups in total. The Kier molecular flexibility index (Phi) is 3.80. The maximum Gasteiger partial charge on any atom is 0.375 e. The molecule has 1 heterocycles. The van der Waals surface area contributed by atoms with Gasteiger partial charge in [-0.1, -0.05) is 18.5 Å². The number of hydrogen-bond acceptors (Lipinski definition) is 3. The molecule has 0 aliphatic rings. The number of aryl methyl sites for hydroxylation is 1. The Morgan fingerprint density at radius 3 is 2.89 bits per heavy atom. The molecule has 0 unspecified atom stereocenters. The highest BCUT2D eigenvalue weighted by Crippen LogP contribution is 2.20. The molecule has 0 saturated heterocycles. The van der Waals surface area contributed by atoms with E-state index in [0.717, 1.165) is 6.42 Å². The predicted molar refractivity (Wildman–Crippen MR) is 67.3 cm³/mol. The van der Waals surface area contributed by atoms with Crippen LogP contribution in [0.25, 0.3) is 5.69 Å². The van der Waals surface area contributed by atoms with Crippen molar-refractivity contribution in [2.45, 2.75) is 19.8 Å². The van der Waals surface area contributed by atoms with Gasteiger partial charge >= 0.3 is 5.97 Å². The van der Waals surface area contributed by atoms with Gasteiger partial charge in [-0.2, -0.15) is 0 Å². The molecule has 5 nitrogen and oxygen atoms in total. The van der Waals surface area contributed by atoms with Gasteiger partial charge in [-0.15, -0.1) is 5.10 Å². The lowest BCUT2D eigenvalue weighted by Gasteiger charge is -2.06. The Morgan fingerprint density at radius 1 is 1.53 bits per heavy atom. The van der Waals surface area contributed by atoms with Gasteiger partial charge < -0.3 is 5.11 Å². The van der Waals surface area contributed by atoms with Crippen LogP contribution < -0.4 is 0 Å². The smallest absolute Gasteiger partial charge is 0.375 e. The van der Waals surface area contributed by atoms with Crippen molar-refractivity contribution in [2.24, 2.45) is 0 Å². The van der Waals surface area contributed by atoms with E-state index >= 15 is 0 Å². The summed E-state index contributed by atoms with van der Waals surface area (Å²) in [4.78, 5) is 14.8. The van der Waals surface area contributed by atoms with Gasteiger partial charge in [-0.25, -0.2) is 18.9 Å². The molecule has 0 aliphatic carbocycles. The molecule has 1 aromatic carbocycles. The number of rotatable bonds is 4. The summed E-state index contributed by atoms with van der Waals surface area (Å²) in [5, 5.41) is 13.1. The number of nitrogens with zero attached hydrogens (tertiary/aromatic N) is 3. The molecule has 0 atom stereocenters. The second-order valence-electron chi connectivity index (χ2n) is 3.91. The Hall–Kier alpha value is -1.95. The van der Waals surface area contributed by atoms with E-state index < -0.39 is 11.8 Å². The van der Waals surface area contributed by atoms with E-state index in [-0.39, 0.29) is 11.5 Å². The number of hydrogen-bond donors (Lipinski definition) is 1. The van der Waals surface area contributed by atoms with E-state index in [4.69, 9.17) is 16.7 Å². The molecule has 0 aliphatic heterocycles. The van der Waals surface area contributed by atoms with E-state index in [1.165, 1.54) is 22.9 Å². The summed E-state index contributed by atoms with van der Waals surface area (Å²) in [6.07, 6.45) is 1.23. The van der Waals surface area contributed by atoms with E-state index in [1.807, 2.05) is 6.92 Å². The molecule has 0 amide bonds. The summed E-state index contributed by atoms with van der Waals surface area (Å²) in [6, 6.07) is 4.00. The van der Waals surface area contributed by atoms with Crippen LogP contribution >= 0.6 is 11.6 Å². The van der Waals surface area contributed by atoms with Crippen molar-refractivity contribution in [2.75, 3.05) is 0 Å². The summed E-state index contributed by atoms with van der Waals surface area (Å²) in [5.41, 5.74) is 0.0935. The predicted octanol–water partition coefficient (Wildman–Crippen LogP) is 2.71. The van der Waals surface area contributed by atoms with Gasteiger partial charge in [0, 0.05) is 11.4 Å². The van der Waals surface area contributed by atoms with Gasteiger partial charge in [0.05, 0.1) is 0 Å². The van der Waals surface area contributed by atoms with Crippen molar-refractivity contribution < 1.29 is 14.3 Å². The lowest BCUT2D eigenvalue weighted by molar-refractivity contribution is 0.0683. The van der Waals surface area contributed by atoms with Crippen LogP contribution in [-0.2, 0) is 6.42 Å². The average Bonchev–Trinajstić information content (AvgIpc) is 2.77. The summed E-state index contributed by atoms with van der Waals surface area (Å²) >= 11 is 5.82. The topological polar surface area (TPSA) is 68.0 Å². The van der Waals surface area contributed by atoms with Crippen LogP contribution in [0.15, 0.2) is 18.2 Å². The Morgan fingerprint density at radius 2 is 2.26 bits per heavy atom. The summed E-state index contributed by atoms with van der Waals surface area (Å²) in [7, 11) is 0. The summed E-state index contributed by atoms with van der Waals surface area (Å²) < 4.78 is 15.0. The van der Waals surface area contributed by atoms with Crippen LogP contribution in [0, 0.1) is 5.82 Å². The lowest BCUT2D eigenvalue weighted by atomic mass is 10.3. The SMILES string of the molecule is CCCc1nc(C(=O)O)nn1-c1cc(Cl)ccc1F. The Bertz CT molecular complexity index is 627. The van der Waals surface area contributed by atoms with Crippen LogP contribution in [0.2, 0.25) is 5.02 Å². The van der Waals surface area contributed by atoms with Crippen molar-refractivity contribution in [1.29, 1.82) is 0 Å². The highest BCUT2D eigenvalue weighted by Gasteiger charge is 2.18. The van der Waals surface area contributed by atoms with Gasteiger partial charge in [0.1, 0.15) is 17.3 Å². The first-order valence-corrected chi connectivity index (χ1v) is 6.05. The zero-order chi connectivity index (χ0) is 14.0. The number of aromatic nitrogens is 3. The monoisotopic (exact) mass is 283 g/mol. The summed E-state index contributed by atoms with van der Waals surface area (Å²) in [6.45, 7) is 1.91. The second-order valence-corrected chi connectivity index (χ2v) is 4.35. The number of carboxylic acids is 1. The fourth-order valence-electron chi connectivity index (χ4n) is 1.66. The lowest BCUT2D eigenvalue weighted by Crippen LogP contribution is -2.06. The normalized spacial score (nSPS) is 10.7. The molecular weight excluding hydrogens is 273 g/mol. The van der Waals surface area contributed by atoms with Crippen molar-refractivity contribution in [3.8, 4) is 5.69 Å². The van der Waals surface area contributed by atoms with E-state index in [9.17, 15) is 9.18 Å². The first-order valence-electron chi connectivity index (χ1n) is 5.67. The van der Waals surface area contributed by atoms with Crippen LogP contribution in [0.5, 0.6) is 0 Å². The average molecular weight is 284 g/mol. The molecule has 100 valence electrons. The number of carboxylic acid groups (broad SMARTS) is 1. The van der Waals surface area contributed by atoms with Crippen LogP contribution in [-0.4, -0.2) is 25.8 Å². The van der Waals surface area contributed by atoms with Crippen molar-refractivity contribution in [1.82, 2.24) is 14.8 Å². The molecule has 2 rings (SSSR count). The molecular formula is C12H11ClFN3O2. The minimum absolute atomic E-state index is 0.0935. The minimum Gasteiger partial charge on any atom is -0.475 e. The highest BCUT2D eigenvalue weighted by atomic mass is 35.5. The van der Waals surface area contributed by atoms with Crippen LogP contribution in [0.4, 0.5) is 4.39 Å². The van der Waals surface area contributed by atoms with Gasteiger partial charge in [-0.3, -0.25) is 0 Å². The zero-order valence-electron chi connectivity index (χ0n) is 10.1. The zero-order valence-corrected chi connectivity index (χ0v) is 10.9. The molecule has 1 aromatic heterocycles. The van der Waals surface area contributed by atoms with E-state index in [2.05, 4.69) is 10.1 Å². The molecule has 7 heteroatoms. The third kappa shape index (κ3) is 2.73. The fraction of sp³-hybridized carbons (Fsp3) is 0.250. The number of carbonyl (C=O) groups is 1. The molecule has 0 spiro atoms. The number of aromatic carboxylic acids is 1. The number of halogens is 2. The third-order valence-corrected chi connectivity index (χ3v) is 2.71. The van der Waals surface area contributed by atoms with Crippen molar-refractivity contribution >= 4 is 17.6 Å². The Labute approximate surface area is 113 Å². The van der Waals surface area contributed by atoms with Gasteiger partial charge in [-0.05, 0) is 24.6 Å². The first-order chi connectivity index (χ1) is 9.02. The van der Waals surface area contributed by atoms with Gasteiger partial charge in [0.2, 0.25) is 0 Å². The van der Waals surface area contributed by atoms with Crippen molar-refractivity contribution in [3.63, 3.8) is 0 Å². The molecule has 0 fully saturated rings. The molecule has 0 radical (unpaired) electrons. The van der Waals surface area contributed by atoms with Gasteiger partial charge in [0.25, 0.3) is 5.82 Å². The summed E-state index contributed by atoms with van der Waals surface area (Å²) in [5.74, 6) is -1.76. The molecule has 19 heavy (non-hydrogen) atoms. The first kappa shape index (κ1) is 13.5. The number of benzene rings is 1. The third-order valence-electron chi connectivity index (χ3n) is 2.48.